The molecule has 0 radical (unpaired) electrons. The fourth-order valence-electron chi connectivity index (χ4n) is 3.35. The average molecular weight is 362 g/mol. The predicted molar refractivity (Wildman–Crippen MR) is 91.9 cm³/mol. The molecule has 2 atom stereocenters. The lowest BCUT2D eigenvalue weighted by molar-refractivity contribution is -0.143. The van der Waals surface area contributed by atoms with Crippen LogP contribution in [0.2, 0.25) is 0 Å². The number of hydrogen-bond acceptors (Lipinski definition) is 3. The molecular weight excluding hydrogens is 339 g/mol. The number of benzene rings is 1. The highest BCUT2D eigenvalue weighted by atomic mass is 19.1. The molecule has 140 valence electrons. The molecule has 1 aliphatic carbocycles. The summed E-state index contributed by atoms with van der Waals surface area (Å²) in [5.74, 6) is -2.01. The van der Waals surface area contributed by atoms with Crippen molar-refractivity contribution in [3.8, 4) is 0 Å². The van der Waals surface area contributed by atoms with E-state index in [9.17, 15) is 23.9 Å². The highest BCUT2D eigenvalue weighted by molar-refractivity contribution is 5.94. The molecule has 2 unspecified atom stereocenters. The summed E-state index contributed by atoms with van der Waals surface area (Å²) < 4.78 is 13.0. The van der Waals surface area contributed by atoms with Gasteiger partial charge in [-0.2, -0.15) is 0 Å². The summed E-state index contributed by atoms with van der Waals surface area (Å²) in [7, 11) is 0. The van der Waals surface area contributed by atoms with Crippen LogP contribution in [0, 0.1) is 17.7 Å². The smallest absolute Gasteiger partial charge is 0.326 e. The molecule has 2 aliphatic rings. The van der Waals surface area contributed by atoms with E-state index in [0.717, 1.165) is 12.8 Å². The summed E-state index contributed by atoms with van der Waals surface area (Å²) in [6.07, 6.45) is 3.79. The topological polar surface area (TPSA) is 86.7 Å². The van der Waals surface area contributed by atoms with E-state index in [4.69, 9.17) is 0 Å². The molecule has 0 spiro atoms. The molecule has 26 heavy (non-hydrogen) atoms. The van der Waals surface area contributed by atoms with Crippen LogP contribution in [0.4, 0.5) is 4.39 Å². The Bertz CT molecular complexity index is 687. The molecular formula is C19H23FN2O4. The van der Waals surface area contributed by atoms with Crippen LogP contribution >= 0.6 is 0 Å². The van der Waals surface area contributed by atoms with Gasteiger partial charge in [0.1, 0.15) is 11.9 Å². The van der Waals surface area contributed by atoms with Gasteiger partial charge in [-0.15, -0.1) is 0 Å². The number of piperidine rings is 1. The molecule has 1 saturated heterocycles. The van der Waals surface area contributed by atoms with Crippen molar-refractivity contribution in [1.82, 2.24) is 10.2 Å². The SMILES string of the molecule is O=C(NC(CC1CC1)C(=O)O)C1CCCN(C(=O)c2ccc(F)cc2)C1. The van der Waals surface area contributed by atoms with Crippen molar-refractivity contribution >= 4 is 17.8 Å². The van der Waals surface area contributed by atoms with Crippen molar-refractivity contribution in [2.24, 2.45) is 11.8 Å². The van der Waals surface area contributed by atoms with Crippen molar-refractivity contribution in [2.45, 2.75) is 38.1 Å². The number of carboxylic acid groups (broad SMARTS) is 1. The highest BCUT2D eigenvalue weighted by Crippen LogP contribution is 2.33. The number of halogens is 1. The minimum Gasteiger partial charge on any atom is -0.480 e. The van der Waals surface area contributed by atoms with E-state index in [1.807, 2.05) is 0 Å². The maximum atomic E-state index is 13.0. The normalized spacial score (nSPS) is 21.1. The Hall–Kier alpha value is -2.44. The van der Waals surface area contributed by atoms with E-state index in [1.54, 1.807) is 4.90 Å². The van der Waals surface area contributed by atoms with Gasteiger partial charge in [-0.05, 0) is 49.4 Å². The van der Waals surface area contributed by atoms with Gasteiger partial charge in [0, 0.05) is 18.7 Å². The molecule has 6 nitrogen and oxygen atoms in total. The van der Waals surface area contributed by atoms with Gasteiger partial charge in [0.2, 0.25) is 5.91 Å². The Morgan fingerprint density at radius 3 is 2.50 bits per heavy atom. The Labute approximate surface area is 151 Å². The first-order chi connectivity index (χ1) is 12.4. The highest BCUT2D eigenvalue weighted by Gasteiger charge is 2.34. The number of nitrogens with one attached hydrogen (secondary N) is 1. The van der Waals surface area contributed by atoms with E-state index < -0.39 is 23.7 Å². The van der Waals surface area contributed by atoms with E-state index in [0.29, 0.717) is 37.3 Å². The number of amides is 2. The minimum atomic E-state index is -1.01. The third-order valence-corrected chi connectivity index (χ3v) is 5.05. The molecule has 0 aromatic heterocycles. The number of likely N-dealkylation sites (tertiary alicyclic amines) is 1. The third kappa shape index (κ3) is 4.59. The maximum absolute atomic E-state index is 13.0. The van der Waals surface area contributed by atoms with Gasteiger partial charge in [-0.25, -0.2) is 9.18 Å². The minimum absolute atomic E-state index is 0.240. The van der Waals surface area contributed by atoms with Crippen LogP contribution in [0.15, 0.2) is 24.3 Å². The number of carboxylic acids is 1. The second kappa shape index (κ2) is 7.85. The zero-order valence-corrected chi connectivity index (χ0v) is 14.5. The van der Waals surface area contributed by atoms with Gasteiger partial charge in [0.15, 0.2) is 0 Å². The molecule has 1 heterocycles. The summed E-state index contributed by atoms with van der Waals surface area (Å²) in [5, 5.41) is 11.9. The van der Waals surface area contributed by atoms with Crippen molar-refractivity contribution in [3.05, 3.63) is 35.6 Å². The summed E-state index contributed by atoms with van der Waals surface area (Å²) >= 11 is 0. The molecule has 1 aliphatic heterocycles. The van der Waals surface area contributed by atoms with E-state index >= 15 is 0 Å². The van der Waals surface area contributed by atoms with Crippen molar-refractivity contribution < 1.29 is 23.9 Å². The molecule has 2 fully saturated rings. The van der Waals surface area contributed by atoms with Crippen LogP contribution < -0.4 is 5.32 Å². The van der Waals surface area contributed by atoms with Gasteiger partial charge in [-0.1, -0.05) is 12.8 Å². The number of rotatable bonds is 6. The zero-order chi connectivity index (χ0) is 18.7. The predicted octanol–water partition coefficient (Wildman–Crippen LogP) is 2.05. The second-order valence-corrected chi connectivity index (χ2v) is 7.18. The lowest BCUT2D eigenvalue weighted by Crippen LogP contribution is -2.49. The van der Waals surface area contributed by atoms with Gasteiger partial charge >= 0.3 is 5.97 Å². The fraction of sp³-hybridized carbons (Fsp3) is 0.526. The Kier molecular flexibility index (Phi) is 5.54. The van der Waals surface area contributed by atoms with Gasteiger partial charge in [0.25, 0.3) is 5.91 Å². The first-order valence-electron chi connectivity index (χ1n) is 9.02. The molecule has 3 rings (SSSR count). The lowest BCUT2D eigenvalue weighted by Gasteiger charge is -2.32. The summed E-state index contributed by atoms with van der Waals surface area (Å²) in [5.41, 5.74) is 0.379. The van der Waals surface area contributed by atoms with Gasteiger partial charge in [-0.3, -0.25) is 9.59 Å². The summed E-state index contributed by atoms with van der Waals surface area (Å²) in [4.78, 5) is 38.0. The number of carbonyl (C=O) groups is 3. The van der Waals surface area contributed by atoms with Crippen LogP contribution in [-0.2, 0) is 9.59 Å². The van der Waals surface area contributed by atoms with Crippen LogP contribution in [-0.4, -0.2) is 46.9 Å². The van der Waals surface area contributed by atoms with Crippen molar-refractivity contribution in [3.63, 3.8) is 0 Å². The van der Waals surface area contributed by atoms with Crippen LogP contribution in [0.1, 0.15) is 42.5 Å². The monoisotopic (exact) mass is 362 g/mol. The average Bonchev–Trinajstić information content (AvgIpc) is 3.45. The Balaban J connectivity index is 1.59. The van der Waals surface area contributed by atoms with E-state index in [-0.39, 0.29) is 18.4 Å². The number of nitrogens with zero attached hydrogens (tertiary/aromatic N) is 1. The van der Waals surface area contributed by atoms with Gasteiger partial charge in [0.05, 0.1) is 5.92 Å². The van der Waals surface area contributed by atoms with E-state index in [2.05, 4.69) is 5.32 Å². The zero-order valence-electron chi connectivity index (χ0n) is 14.5. The van der Waals surface area contributed by atoms with E-state index in [1.165, 1.54) is 24.3 Å². The molecule has 7 heteroatoms. The largest absolute Gasteiger partial charge is 0.480 e. The van der Waals surface area contributed by atoms with Gasteiger partial charge < -0.3 is 15.3 Å². The molecule has 1 aromatic carbocycles. The molecule has 2 amide bonds. The Morgan fingerprint density at radius 2 is 1.88 bits per heavy atom. The van der Waals surface area contributed by atoms with Crippen molar-refractivity contribution in [1.29, 1.82) is 0 Å². The summed E-state index contributed by atoms with van der Waals surface area (Å²) in [6.45, 7) is 0.780. The molecule has 0 bridgehead atoms. The number of carbonyl (C=O) groups excluding carboxylic acids is 2. The third-order valence-electron chi connectivity index (χ3n) is 5.05. The molecule has 1 saturated carbocycles. The first-order valence-corrected chi connectivity index (χ1v) is 9.02. The molecule has 1 aromatic rings. The Morgan fingerprint density at radius 1 is 1.19 bits per heavy atom. The standard InChI is InChI=1S/C19H23FN2O4/c20-15-7-5-13(6-8-15)18(24)22-9-1-2-14(11-22)17(23)21-16(19(25)26)10-12-3-4-12/h5-8,12,14,16H,1-4,9-11H2,(H,21,23)(H,25,26). The van der Waals surface area contributed by atoms with Crippen LogP contribution in [0.5, 0.6) is 0 Å². The maximum Gasteiger partial charge on any atom is 0.326 e. The quantitative estimate of drug-likeness (QED) is 0.811. The molecule has 2 N–H and O–H groups in total. The second-order valence-electron chi connectivity index (χ2n) is 7.18. The first kappa shape index (κ1) is 18.4. The fourth-order valence-corrected chi connectivity index (χ4v) is 3.35. The van der Waals surface area contributed by atoms with Crippen LogP contribution in [0.3, 0.4) is 0 Å². The van der Waals surface area contributed by atoms with Crippen molar-refractivity contribution in [2.75, 3.05) is 13.1 Å². The number of hydrogen-bond donors (Lipinski definition) is 2. The summed E-state index contributed by atoms with van der Waals surface area (Å²) in [6, 6.07) is 4.46. The lowest BCUT2D eigenvalue weighted by atomic mass is 9.95. The number of aliphatic carboxylic acids is 1. The van der Waals surface area contributed by atoms with Crippen LogP contribution in [0.25, 0.3) is 0 Å².